The molecule has 20 heavy (non-hydrogen) atoms. The normalized spacial score (nSPS) is 15.2. The number of rotatable bonds is 3. The van der Waals surface area contributed by atoms with Gasteiger partial charge in [0, 0.05) is 6.42 Å². The zero-order valence-corrected chi connectivity index (χ0v) is 11.4. The van der Waals surface area contributed by atoms with Gasteiger partial charge in [-0.3, -0.25) is 0 Å². The van der Waals surface area contributed by atoms with Crippen LogP contribution >= 0.6 is 0 Å². The van der Waals surface area contributed by atoms with Gasteiger partial charge in [-0.05, 0) is 46.9 Å². The van der Waals surface area contributed by atoms with E-state index in [1.54, 1.807) is 6.07 Å². The van der Waals surface area contributed by atoms with Gasteiger partial charge in [-0.15, -0.1) is 0 Å². The number of aliphatic hydroxyl groups is 1. The molecule has 2 nitrogen and oxygen atoms in total. The van der Waals surface area contributed by atoms with Crippen LogP contribution in [0.15, 0.2) is 36.4 Å². The molecule has 3 heteroatoms. The maximum atomic E-state index is 13.3. The minimum Gasteiger partial charge on any atom is -0.388 e. The lowest BCUT2D eigenvalue weighted by Gasteiger charge is -2.14. The molecule has 0 radical (unpaired) electrons. The lowest BCUT2D eigenvalue weighted by Crippen LogP contribution is -2.04. The van der Waals surface area contributed by atoms with E-state index >= 15 is 0 Å². The van der Waals surface area contributed by atoms with E-state index in [4.69, 9.17) is 4.74 Å². The fourth-order valence-corrected chi connectivity index (χ4v) is 2.59. The van der Waals surface area contributed by atoms with Crippen molar-refractivity contribution in [3.63, 3.8) is 0 Å². The van der Waals surface area contributed by atoms with Crippen molar-refractivity contribution < 1.29 is 14.2 Å². The molecule has 0 aliphatic carbocycles. The van der Waals surface area contributed by atoms with Gasteiger partial charge in [0.1, 0.15) is 5.82 Å². The maximum Gasteiger partial charge on any atom is 0.123 e. The van der Waals surface area contributed by atoms with Gasteiger partial charge in [0.2, 0.25) is 0 Å². The zero-order chi connectivity index (χ0) is 14.1. The first-order chi connectivity index (χ1) is 9.63. The second-order valence-corrected chi connectivity index (χ2v) is 5.31. The molecule has 0 amide bonds. The Labute approximate surface area is 117 Å². The molecule has 0 spiro atoms. The van der Waals surface area contributed by atoms with Crippen LogP contribution in [0.3, 0.4) is 0 Å². The molecule has 0 bridgehead atoms. The highest BCUT2D eigenvalue weighted by Gasteiger charge is 2.16. The Morgan fingerprint density at radius 1 is 1.15 bits per heavy atom. The minimum absolute atomic E-state index is 0.264. The zero-order valence-electron chi connectivity index (χ0n) is 11.4. The molecule has 0 aromatic heterocycles. The van der Waals surface area contributed by atoms with E-state index in [1.807, 2.05) is 25.1 Å². The number of benzene rings is 2. The highest BCUT2D eigenvalue weighted by Crippen LogP contribution is 2.26. The maximum absolute atomic E-state index is 13.3. The molecule has 0 saturated heterocycles. The summed E-state index contributed by atoms with van der Waals surface area (Å²) in [5.74, 6) is -0.264. The van der Waals surface area contributed by atoms with E-state index in [0.717, 1.165) is 22.3 Å². The lowest BCUT2D eigenvalue weighted by atomic mass is 9.96. The predicted octanol–water partition coefficient (Wildman–Crippen LogP) is 3.44. The number of aryl methyl sites for hydroxylation is 1. The van der Waals surface area contributed by atoms with Gasteiger partial charge >= 0.3 is 0 Å². The van der Waals surface area contributed by atoms with Crippen LogP contribution in [0.2, 0.25) is 0 Å². The molecule has 1 aliphatic heterocycles. The molecule has 1 atom stereocenters. The number of halogens is 1. The molecule has 2 aromatic carbocycles. The van der Waals surface area contributed by atoms with Crippen molar-refractivity contribution in [2.75, 3.05) is 0 Å². The van der Waals surface area contributed by atoms with Crippen LogP contribution in [-0.4, -0.2) is 5.11 Å². The van der Waals surface area contributed by atoms with Crippen LogP contribution in [-0.2, 0) is 24.4 Å². The SMILES string of the molecule is Cc1ccc(F)cc1CC(O)c1ccc2c(c1)COC2. The van der Waals surface area contributed by atoms with Crippen LogP contribution in [0.25, 0.3) is 0 Å². The molecule has 2 aromatic rings. The molecular formula is C17H17FO2. The van der Waals surface area contributed by atoms with Crippen molar-refractivity contribution in [1.82, 2.24) is 0 Å². The number of fused-ring (bicyclic) bond motifs is 1. The van der Waals surface area contributed by atoms with Gasteiger partial charge in [-0.2, -0.15) is 0 Å². The summed E-state index contributed by atoms with van der Waals surface area (Å²) in [5, 5.41) is 10.4. The molecule has 0 fully saturated rings. The van der Waals surface area contributed by atoms with Crippen molar-refractivity contribution in [2.24, 2.45) is 0 Å². The van der Waals surface area contributed by atoms with Gasteiger partial charge in [-0.1, -0.05) is 24.3 Å². The van der Waals surface area contributed by atoms with Crippen molar-refractivity contribution >= 4 is 0 Å². The number of aliphatic hydroxyl groups excluding tert-OH is 1. The molecule has 0 saturated carbocycles. The van der Waals surface area contributed by atoms with Crippen molar-refractivity contribution in [2.45, 2.75) is 32.7 Å². The van der Waals surface area contributed by atoms with Crippen LogP contribution in [0.4, 0.5) is 4.39 Å². The Hall–Kier alpha value is -1.71. The Morgan fingerprint density at radius 2 is 1.95 bits per heavy atom. The van der Waals surface area contributed by atoms with Gasteiger partial charge in [-0.25, -0.2) is 4.39 Å². The van der Waals surface area contributed by atoms with Crippen LogP contribution in [0.5, 0.6) is 0 Å². The Bertz CT molecular complexity index is 637. The number of hydrogen-bond donors (Lipinski definition) is 1. The Kier molecular flexibility index (Phi) is 3.55. The molecule has 104 valence electrons. The summed E-state index contributed by atoms with van der Waals surface area (Å²) in [6.45, 7) is 3.18. The lowest BCUT2D eigenvalue weighted by molar-refractivity contribution is 0.134. The fourth-order valence-electron chi connectivity index (χ4n) is 2.59. The third-order valence-electron chi connectivity index (χ3n) is 3.85. The summed E-state index contributed by atoms with van der Waals surface area (Å²) in [7, 11) is 0. The number of ether oxygens (including phenoxy) is 1. The fraction of sp³-hybridized carbons (Fsp3) is 0.294. The van der Waals surface area contributed by atoms with Crippen LogP contribution in [0, 0.1) is 12.7 Å². The molecule has 1 N–H and O–H groups in total. The molecule has 1 aliphatic rings. The van der Waals surface area contributed by atoms with E-state index < -0.39 is 6.10 Å². The predicted molar refractivity (Wildman–Crippen MR) is 74.7 cm³/mol. The van der Waals surface area contributed by atoms with E-state index in [0.29, 0.717) is 19.6 Å². The molecule has 1 unspecified atom stereocenters. The van der Waals surface area contributed by atoms with Gasteiger partial charge in [0.15, 0.2) is 0 Å². The highest BCUT2D eigenvalue weighted by molar-refractivity contribution is 5.35. The summed E-state index contributed by atoms with van der Waals surface area (Å²) in [6, 6.07) is 10.6. The largest absolute Gasteiger partial charge is 0.388 e. The number of hydrogen-bond acceptors (Lipinski definition) is 2. The Morgan fingerprint density at radius 3 is 2.80 bits per heavy atom. The second-order valence-electron chi connectivity index (χ2n) is 5.31. The second kappa shape index (κ2) is 5.35. The average Bonchev–Trinajstić information content (AvgIpc) is 2.90. The summed E-state index contributed by atoms with van der Waals surface area (Å²) in [4.78, 5) is 0. The monoisotopic (exact) mass is 272 g/mol. The first-order valence-corrected chi connectivity index (χ1v) is 6.76. The molecule has 1 heterocycles. The summed E-state index contributed by atoms with van der Waals surface area (Å²) < 4.78 is 18.7. The van der Waals surface area contributed by atoms with Gasteiger partial charge in [0.05, 0.1) is 19.3 Å². The average molecular weight is 272 g/mol. The van der Waals surface area contributed by atoms with Crippen molar-refractivity contribution in [3.8, 4) is 0 Å². The van der Waals surface area contributed by atoms with Crippen LogP contribution in [0.1, 0.15) is 33.9 Å². The topological polar surface area (TPSA) is 29.5 Å². The third kappa shape index (κ3) is 2.60. The molecular weight excluding hydrogens is 255 g/mol. The van der Waals surface area contributed by atoms with E-state index in [2.05, 4.69) is 0 Å². The van der Waals surface area contributed by atoms with Crippen molar-refractivity contribution in [3.05, 3.63) is 70.0 Å². The summed E-state index contributed by atoms with van der Waals surface area (Å²) >= 11 is 0. The van der Waals surface area contributed by atoms with Gasteiger partial charge < -0.3 is 9.84 Å². The summed E-state index contributed by atoms with van der Waals surface area (Å²) in [5.41, 5.74) is 5.02. The first kappa shape index (κ1) is 13.3. The Balaban J connectivity index is 1.82. The first-order valence-electron chi connectivity index (χ1n) is 6.76. The van der Waals surface area contributed by atoms with E-state index in [1.165, 1.54) is 17.7 Å². The van der Waals surface area contributed by atoms with Crippen molar-refractivity contribution in [1.29, 1.82) is 0 Å². The quantitative estimate of drug-likeness (QED) is 0.927. The van der Waals surface area contributed by atoms with E-state index in [-0.39, 0.29) is 5.82 Å². The van der Waals surface area contributed by atoms with E-state index in [9.17, 15) is 9.50 Å². The van der Waals surface area contributed by atoms with Gasteiger partial charge in [0.25, 0.3) is 0 Å². The molecule has 3 rings (SSSR count). The smallest absolute Gasteiger partial charge is 0.123 e. The third-order valence-corrected chi connectivity index (χ3v) is 3.85. The summed E-state index contributed by atoms with van der Waals surface area (Å²) in [6.07, 6.45) is -0.204. The highest BCUT2D eigenvalue weighted by atomic mass is 19.1. The standard InChI is InChI=1S/C17H17FO2/c1-11-2-5-16(18)7-14(11)8-17(19)12-3-4-13-9-20-10-15(13)6-12/h2-7,17,19H,8-10H2,1H3. The minimum atomic E-state index is -0.624. The van der Waals surface area contributed by atoms with Crippen LogP contribution < -0.4 is 0 Å².